The molecular formula is C49H84O15. The number of allylic oxidation sites excluding steroid dienone is 8. The molecule has 2 fully saturated rings. The Morgan fingerprint density at radius 1 is 0.516 bits per heavy atom. The SMILES string of the molecule is CC/C=C\C/C=C\C/C=C\CCCCCCCC(=O)OC(COC(=O)CCCCCCC/C=C\CCCCCC)COC1OC(COC2OC(CO)C(O)C(O)C2O)C(O)C(O)C1O. The zero-order valence-electron chi connectivity index (χ0n) is 38.8. The summed E-state index contributed by atoms with van der Waals surface area (Å²) in [6.45, 7) is 2.41. The Kier molecular flexibility index (Phi) is 32.9. The van der Waals surface area contributed by atoms with E-state index in [1.807, 2.05) is 0 Å². The molecule has 11 unspecified atom stereocenters. The smallest absolute Gasteiger partial charge is 0.306 e. The van der Waals surface area contributed by atoms with E-state index in [1.54, 1.807) is 0 Å². The summed E-state index contributed by atoms with van der Waals surface area (Å²) in [7, 11) is 0. The molecule has 2 aliphatic heterocycles. The first kappa shape index (κ1) is 57.6. The minimum Gasteiger partial charge on any atom is -0.462 e. The zero-order valence-corrected chi connectivity index (χ0v) is 38.8. The monoisotopic (exact) mass is 913 g/mol. The van der Waals surface area contributed by atoms with Crippen LogP contribution >= 0.6 is 0 Å². The maximum absolute atomic E-state index is 13.0. The van der Waals surface area contributed by atoms with Crippen LogP contribution in [0, 0.1) is 0 Å². The summed E-state index contributed by atoms with van der Waals surface area (Å²) >= 11 is 0. The molecule has 15 heteroatoms. The minimum absolute atomic E-state index is 0.143. The molecule has 2 aliphatic rings. The topological polar surface area (TPSA) is 231 Å². The third-order valence-electron chi connectivity index (χ3n) is 11.3. The van der Waals surface area contributed by atoms with Crippen molar-refractivity contribution in [3.8, 4) is 0 Å². The first-order valence-corrected chi connectivity index (χ1v) is 24.2. The highest BCUT2D eigenvalue weighted by Gasteiger charge is 2.47. The predicted octanol–water partition coefficient (Wildman–Crippen LogP) is 5.93. The Balaban J connectivity index is 1.85. The van der Waals surface area contributed by atoms with Gasteiger partial charge in [0.15, 0.2) is 18.7 Å². The molecule has 0 bridgehead atoms. The lowest BCUT2D eigenvalue weighted by Crippen LogP contribution is -2.61. The molecule has 0 amide bonds. The molecule has 64 heavy (non-hydrogen) atoms. The summed E-state index contributed by atoms with van der Waals surface area (Å²) in [5.41, 5.74) is 0. The van der Waals surface area contributed by atoms with E-state index in [0.717, 1.165) is 89.9 Å². The fraction of sp³-hybridized carbons (Fsp3) is 0.796. The molecule has 2 saturated heterocycles. The summed E-state index contributed by atoms with van der Waals surface area (Å²) in [4.78, 5) is 25.7. The predicted molar refractivity (Wildman–Crippen MR) is 243 cm³/mol. The lowest BCUT2D eigenvalue weighted by atomic mass is 9.98. The molecule has 0 aromatic heterocycles. The quantitative estimate of drug-likeness (QED) is 0.0220. The van der Waals surface area contributed by atoms with Crippen LogP contribution in [0.25, 0.3) is 0 Å². The number of hydrogen-bond acceptors (Lipinski definition) is 15. The van der Waals surface area contributed by atoms with Gasteiger partial charge in [-0.25, -0.2) is 0 Å². The number of aliphatic hydroxyl groups is 7. The average Bonchev–Trinajstić information content (AvgIpc) is 3.29. The van der Waals surface area contributed by atoms with Crippen molar-refractivity contribution < 1.29 is 73.8 Å². The maximum Gasteiger partial charge on any atom is 0.306 e. The molecular weight excluding hydrogens is 829 g/mol. The zero-order chi connectivity index (χ0) is 46.8. The van der Waals surface area contributed by atoms with Gasteiger partial charge >= 0.3 is 11.9 Å². The lowest BCUT2D eigenvalue weighted by Gasteiger charge is -2.42. The Bertz CT molecular complexity index is 1300. The first-order chi connectivity index (χ1) is 31.0. The number of unbranched alkanes of at least 4 members (excludes halogenated alkanes) is 14. The summed E-state index contributed by atoms with van der Waals surface area (Å²) in [6, 6.07) is 0. The van der Waals surface area contributed by atoms with Crippen molar-refractivity contribution >= 4 is 11.9 Å². The Hall–Kier alpha value is -2.54. The van der Waals surface area contributed by atoms with E-state index < -0.39 is 99.3 Å². The molecule has 2 heterocycles. The molecule has 2 rings (SSSR count). The Labute approximate surface area is 382 Å². The van der Waals surface area contributed by atoms with E-state index in [1.165, 1.54) is 25.7 Å². The molecule has 0 aliphatic carbocycles. The van der Waals surface area contributed by atoms with Crippen molar-refractivity contribution in [1.82, 2.24) is 0 Å². The second-order valence-electron chi connectivity index (χ2n) is 16.9. The van der Waals surface area contributed by atoms with Crippen molar-refractivity contribution in [1.29, 1.82) is 0 Å². The number of carbonyl (C=O) groups is 2. The van der Waals surface area contributed by atoms with Gasteiger partial charge in [0.05, 0.1) is 19.8 Å². The number of aliphatic hydroxyl groups excluding tert-OH is 7. The summed E-state index contributed by atoms with van der Waals surface area (Å²) in [6.07, 6.45) is 21.4. The fourth-order valence-corrected chi connectivity index (χ4v) is 7.28. The number of rotatable bonds is 36. The minimum atomic E-state index is -1.77. The van der Waals surface area contributed by atoms with Crippen molar-refractivity contribution in [3.63, 3.8) is 0 Å². The van der Waals surface area contributed by atoms with Crippen LogP contribution in [0.4, 0.5) is 0 Å². The molecule has 0 spiro atoms. The van der Waals surface area contributed by atoms with Crippen LogP contribution in [0.2, 0.25) is 0 Å². The third kappa shape index (κ3) is 24.8. The van der Waals surface area contributed by atoms with E-state index in [2.05, 4.69) is 62.5 Å². The van der Waals surface area contributed by atoms with E-state index in [9.17, 15) is 45.3 Å². The number of ether oxygens (including phenoxy) is 6. The van der Waals surface area contributed by atoms with Crippen LogP contribution < -0.4 is 0 Å². The number of carbonyl (C=O) groups excluding carboxylic acids is 2. The van der Waals surface area contributed by atoms with Gasteiger partial charge in [-0.15, -0.1) is 0 Å². The van der Waals surface area contributed by atoms with Crippen LogP contribution in [-0.2, 0) is 38.0 Å². The van der Waals surface area contributed by atoms with E-state index in [4.69, 9.17) is 28.4 Å². The van der Waals surface area contributed by atoms with Gasteiger partial charge < -0.3 is 64.2 Å². The second-order valence-corrected chi connectivity index (χ2v) is 16.9. The standard InChI is InChI=1S/C49H84O15/c1-3-5-7-9-11-13-15-17-18-20-22-24-26-28-30-32-41(52)62-37(34-59-40(51)31-29-27-25-23-21-19-16-14-12-10-8-6-4-2)35-60-48-47(58)45(56)43(54)39(64-48)36-61-49-46(57)44(55)42(53)38(33-50)63-49/h5,7,11,13-14,16-18,37-39,42-50,53-58H,3-4,6,8-10,12,15,19-36H2,1-2H3/b7-5-,13-11-,16-14-,18-17-. The van der Waals surface area contributed by atoms with Crippen LogP contribution in [-0.4, -0.2) is 142 Å². The number of esters is 2. The van der Waals surface area contributed by atoms with Gasteiger partial charge in [-0.3, -0.25) is 9.59 Å². The molecule has 370 valence electrons. The second kappa shape index (κ2) is 36.6. The van der Waals surface area contributed by atoms with Crippen LogP contribution in [0.15, 0.2) is 48.6 Å². The van der Waals surface area contributed by atoms with E-state index >= 15 is 0 Å². The van der Waals surface area contributed by atoms with Crippen LogP contribution in [0.3, 0.4) is 0 Å². The van der Waals surface area contributed by atoms with Gasteiger partial charge in [-0.1, -0.05) is 120 Å². The fourth-order valence-electron chi connectivity index (χ4n) is 7.28. The van der Waals surface area contributed by atoms with Gasteiger partial charge in [0.25, 0.3) is 0 Å². The Morgan fingerprint density at radius 3 is 1.56 bits per heavy atom. The molecule has 11 atom stereocenters. The molecule has 0 aromatic rings. The van der Waals surface area contributed by atoms with E-state index in [0.29, 0.717) is 12.8 Å². The largest absolute Gasteiger partial charge is 0.462 e. The van der Waals surface area contributed by atoms with Crippen LogP contribution in [0.5, 0.6) is 0 Å². The highest BCUT2D eigenvalue weighted by atomic mass is 16.7. The maximum atomic E-state index is 13.0. The molecule has 0 saturated carbocycles. The van der Waals surface area contributed by atoms with Gasteiger partial charge in [0, 0.05) is 12.8 Å². The molecule has 7 N–H and O–H groups in total. The first-order valence-electron chi connectivity index (χ1n) is 24.2. The van der Waals surface area contributed by atoms with Gasteiger partial charge in [-0.2, -0.15) is 0 Å². The normalized spacial score (nSPS) is 27.0. The van der Waals surface area contributed by atoms with Crippen molar-refractivity contribution in [2.75, 3.05) is 26.4 Å². The summed E-state index contributed by atoms with van der Waals surface area (Å²) in [5.74, 6) is -0.959. The Morgan fingerprint density at radius 2 is 0.984 bits per heavy atom. The van der Waals surface area contributed by atoms with Crippen LogP contribution in [0.1, 0.15) is 155 Å². The molecule has 15 nitrogen and oxygen atoms in total. The highest BCUT2D eigenvalue weighted by Crippen LogP contribution is 2.26. The highest BCUT2D eigenvalue weighted by molar-refractivity contribution is 5.70. The summed E-state index contributed by atoms with van der Waals surface area (Å²) < 4.78 is 33.5. The lowest BCUT2D eigenvalue weighted by molar-refractivity contribution is -0.332. The molecule has 0 aromatic carbocycles. The third-order valence-corrected chi connectivity index (χ3v) is 11.3. The van der Waals surface area contributed by atoms with Crippen molar-refractivity contribution in [2.45, 2.75) is 223 Å². The molecule has 0 radical (unpaired) electrons. The van der Waals surface area contributed by atoms with E-state index in [-0.39, 0.29) is 19.4 Å². The van der Waals surface area contributed by atoms with Crippen molar-refractivity contribution in [3.05, 3.63) is 48.6 Å². The van der Waals surface area contributed by atoms with Gasteiger partial charge in [-0.05, 0) is 70.6 Å². The average molecular weight is 913 g/mol. The van der Waals surface area contributed by atoms with Gasteiger partial charge in [0.2, 0.25) is 0 Å². The number of hydrogen-bond donors (Lipinski definition) is 7. The van der Waals surface area contributed by atoms with Gasteiger partial charge in [0.1, 0.15) is 55.4 Å². The summed E-state index contributed by atoms with van der Waals surface area (Å²) in [5, 5.41) is 71.9. The van der Waals surface area contributed by atoms with Crippen molar-refractivity contribution in [2.24, 2.45) is 0 Å².